The molecule has 0 aliphatic carbocycles. The Kier molecular flexibility index (Phi) is 8.72. The second-order valence-electron chi connectivity index (χ2n) is 7.49. The Bertz CT molecular complexity index is 960. The van der Waals surface area contributed by atoms with Crippen LogP contribution in [-0.4, -0.2) is 70.5 Å². The Morgan fingerprint density at radius 3 is 2.25 bits per heavy atom. The van der Waals surface area contributed by atoms with Crippen LogP contribution >= 0.6 is 0 Å². The third-order valence-corrected chi connectivity index (χ3v) is 7.12. The van der Waals surface area contributed by atoms with Crippen molar-refractivity contribution >= 4 is 33.8 Å². The molecule has 1 aliphatic rings. The number of benzene rings is 1. The van der Waals surface area contributed by atoms with Gasteiger partial charge in [-0.3, -0.25) is 14.4 Å². The molecule has 0 spiro atoms. The number of unbranched alkanes of at least 4 members (excludes halogenated alkanes) is 2. The van der Waals surface area contributed by atoms with Crippen molar-refractivity contribution in [2.75, 3.05) is 6.54 Å². The van der Waals surface area contributed by atoms with Crippen LogP contribution in [0.15, 0.2) is 29.2 Å². The lowest BCUT2D eigenvalue weighted by molar-refractivity contribution is -0.141. The number of hydrogen-bond donors (Lipinski definition) is 4. The molecule has 12 heteroatoms. The number of nitrogens with one attached hydrogen (secondary N) is 1. The molecule has 2 rings (SSSR count). The number of carbonyl (C=O) groups is 4. The smallest absolute Gasteiger partial charge is 0.326 e. The molecule has 4 N–H and O–H groups in total. The van der Waals surface area contributed by atoms with E-state index in [4.69, 9.17) is 5.11 Å². The number of carboxylic acids is 3. The summed E-state index contributed by atoms with van der Waals surface area (Å²) < 4.78 is 26.4. The summed E-state index contributed by atoms with van der Waals surface area (Å²) in [5.41, 5.74) is 0.0530. The lowest BCUT2D eigenvalue weighted by Crippen LogP contribution is -2.41. The van der Waals surface area contributed by atoms with Crippen LogP contribution in [0.3, 0.4) is 0 Å². The average molecular weight is 471 g/mol. The molecule has 0 unspecified atom stereocenters. The van der Waals surface area contributed by atoms with Gasteiger partial charge in [-0.1, -0.05) is 12.8 Å². The molecular weight excluding hydrogens is 444 g/mol. The molecule has 32 heavy (non-hydrogen) atoms. The highest BCUT2D eigenvalue weighted by Crippen LogP contribution is 2.26. The molecule has 1 aliphatic heterocycles. The van der Waals surface area contributed by atoms with Gasteiger partial charge in [-0.05, 0) is 49.9 Å². The summed E-state index contributed by atoms with van der Waals surface area (Å²) in [7, 11) is -4.05. The van der Waals surface area contributed by atoms with E-state index >= 15 is 0 Å². The van der Waals surface area contributed by atoms with Crippen molar-refractivity contribution in [2.24, 2.45) is 0 Å². The van der Waals surface area contributed by atoms with Gasteiger partial charge in [0, 0.05) is 18.5 Å². The molecule has 1 amide bonds. The summed E-state index contributed by atoms with van der Waals surface area (Å²) in [6.07, 6.45) is 2.11. The highest BCUT2D eigenvalue weighted by molar-refractivity contribution is 7.89. The lowest BCUT2D eigenvalue weighted by atomic mass is 10.1. The molecule has 0 aromatic heterocycles. The van der Waals surface area contributed by atoms with Crippen molar-refractivity contribution in [3.8, 4) is 0 Å². The van der Waals surface area contributed by atoms with E-state index in [1.54, 1.807) is 0 Å². The number of carboxylic acid groups (broad SMARTS) is 3. The predicted octanol–water partition coefficient (Wildman–Crippen LogP) is 1.14. The zero-order valence-corrected chi connectivity index (χ0v) is 18.1. The van der Waals surface area contributed by atoms with Crippen LogP contribution < -0.4 is 5.32 Å². The van der Waals surface area contributed by atoms with Crippen LogP contribution in [0, 0.1) is 0 Å². The normalized spacial score (nSPS) is 17.6. The average Bonchev–Trinajstić information content (AvgIpc) is 3.23. The topological polar surface area (TPSA) is 178 Å². The number of carbonyl (C=O) groups excluding carboxylic acids is 1. The molecule has 0 saturated carbocycles. The standard InChI is InChI=1S/C20H26N2O9S/c23-17(24)7-3-1-2-5-15(19(26)27)21-18(25)13-8-10-14(11-9-13)32(30,31)22-12-4-6-16(22)20(28)29/h8-11,15-16H,1-7,12H2,(H,21,25)(H,23,24)(H,26,27)(H,28,29)/t15-,16-/m1/s1. The summed E-state index contributed by atoms with van der Waals surface area (Å²) in [5, 5.41) is 29.5. The van der Waals surface area contributed by atoms with Gasteiger partial charge in [-0.2, -0.15) is 4.31 Å². The fourth-order valence-corrected chi connectivity index (χ4v) is 5.14. The van der Waals surface area contributed by atoms with E-state index in [1.165, 1.54) is 24.3 Å². The van der Waals surface area contributed by atoms with Crippen LogP contribution in [0.5, 0.6) is 0 Å². The van der Waals surface area contributed by atoms with Crippen molar-refractivity contribution in [3.63, 3.8) is 0 Å². The summed E-state index contributed by atoms with van der Waals surface area (Å²) in [5.74, 6) is -4.08. The highest BCUT2D eigenvalue weighted by atomic mass is 32.2. The van der Waals surface area contributed by atoms with Crippen molar-refractivity contribution in [1.82, 2.24) is 9.62 Å². The number of amides is 1. The van der Waals surface area contributed by atoms with Gasteiger partial charge in [-0.15, -0.1) is 0 Å². The van der Waals surface area contributed by atoms with Gasteiger partial charge in [0.15, 0.2) is 0 Å². The van der Waals surface area contributed by atoms with Gasteiger partial charge in [0.2, 0.25) is 10.0 Å². The maximum Gasteiger partial charge on any atom is 0.326 e. The summed E-state index contributed by atoms with van der Waals surface area (Å²) in [4.78, 5) is 45.5. The minimum absolute atomic E-state index is 0.00993. The van der Waals surface area contributed by atoms with Crippen LogP contribution in [0.4, 0.5) is 0 Å². The third kappa shape index (κ3) is 6.50. The van der Waals surface area contributed by atoms with Crippen LogP contribution in [-0.2, 0) is 24.4 Å². The van der Waals surface area contributed by atoms with Gasteiger partial charge in [0.05, 0.1) is 4.90 Å². The van der Waals surface area contributed by atoms with Gasteiger partial charge in [0.1, 0.15) is 12.1 Å². The van der Waals surface area contributed by atoms with E-state index in [9.17, 15) is 37.8 Å². The van der Waals surface area contributed by atoms with Gasteiger partial charge in [0.25, 0.3) is 5.91 Å². The minimum Gasteiger partial charge on any atom is -0.481 e. The molecule has 1 saturated heterocycles. The van der Waals surface area contributed by atoms with E-state index < -0.39 is 45.9 Å². The zero-order chi connectivity index (χ0) is 23.9. The van der Waals surface area contributed by atoms with Crippen LogP contribution in [0.2, 0.25) is 0 Å². The number of nitrogens with zero attached hydrogens (tertiary/aromatic N) is 1. The van der Waals surface area contributed by atoms with E-state index in [1.807, 2.05) is 0 Å². The van der Waals surface area contributed by atoms with Gasteiger partial charge < -0.3 is 20.6 Å². The SMILES string of the molecule is O=C(O)CCCCC[C@@H](NC(=O)c1ccc(S(=O)(=O)N2CCC[C@@H]2C(=O)O)cc1)C(=O)O. The molecular formula is C20H26N2O9S. The van der Waals surface area contributed by atoms with E-state index in [2.05, 4.69) is 5.32 Å². The molecule has 0 radical (unpaired) electrons. The summed E-state index contributed by atoms with van der Waals surface area (Å²) >= 11 is 0. The molecule has 1 aromatic carbocycles. The Morgan fingerprint density at radius 1 is 1.03 bits per heavy atom. The zero-order valence-electron chi connectivity index (χ0n) is 17.3. The minimum atomic E-state index is -4.05. The largest absolute Gasteiger partial charge is 0.481 e. The fraction of sp³-hybridized carbons (Fsp3) is 0.500. The maximum atomic E-state index is 12.8. The molecule has 1 fully saturated rings. The Morgan fingerprint density at radius 2 is 1.69 bits per heavy atom. The Balaban J connectivity index is 2.01. The monoisotopic (exact) mass is 470 g/mol. The third-order valence-electron chi connectivity index (χ3n) is 5.20. The Labute approximate surface area is 185 Å². The number of sulfonamides is 1. The predicted molar refractivity (Wildman–Crippen MR) is 111 cm³/mol. The molecule has 0 bridgehead atoms. The van der Waals surface area contributed by atoms with Crippen molar-refractivity contribution in [2.45, 2.75) is 61.9 Å². The van der Waals surface area contributed by atoms with Gasteiger partial charge in [-0.25, -0.2) is 13.2 Å². The maximum absolute atomic E-state index is 12.8. The number of aliphatic carboxylic acids is 3. The van der Waals surface area contributed by atoms with Crippen molar-refractivity contribution in [3.05, 3.63) is 29.8 Å². The van der Waals surface area contributed by atoms with Crippen LogP contribution in [0.1, 0.15) is 55.3 Å². The van der Waals surface area contributed by atoms with E-state index in [0.717, 1.165) is 4.31 Å². The first kappa shape index (κ1) is 25.3. The first-order chi connectivity index (χ1) is 15.0. The first-order valence-corrected chi connectivity index (χ1v) is 11.6. The molecule has 1 heterocycles. The Hall–Kier alpha value is -2.99. The summed E-state index contributed by atoms with van der Waals surface area (Å²) in [6, 6.07) is 2.54. The first-order valence-electron chi connectivity index (χ1n) is 10.1. The molecule has 11 nitrogen and oxygen atoms in total. The van der Waals surface area contributed by atoms with Crippen molar-refractivity contribution in [1.29, 1.82) is 0 Å². The van der Waals surface area contributed by atoms with E-state index in [0.29, 0.717) is 25.7 Å². The van der Waals surface area contributed by atoms with Crippen LogP contribution in [0.25, 0.3) is 0 Å². The quantitative estimate of drug-likeness (QED) is 0.326. The number of hydrogen-bond acceptors (Lipinski definition) is 6. The fourth-order valence-electron chi connectivity index (χ4n) is 3.49. The highest BCUT2D eigenvalue weighted by Gasteiger charge is 2.39. The molecule has 1 aromatic rings. The van der Waals surface area contributed by atoms with E-state index in [-0.39, 0.29) is 36.3 Å². The lowest BCUT2D eigenvalue weighted by Gasteiger charge is -2.21. The second-order valence-corrected chi connectivity index (χ2v) is 9.38. The molecule has 2 atom stereocenters. The second kappa shape index (κ2) is 11.0. The molecule has 176 valence electrons. The number of rotatable bonds is 12. The summed E-state index contributed by atoms with van der Waals surface area (Å²) in [6.45, 7) is 0.0916. The van der Waals surface area contributed by atoms with Crippen molar-refractivity contribution < 1.29 is 42.9 Å². The van der Waals surface area contributed by atoms with Gasteiger partial charge >= 0.3 is 17.9 Å².